The molecule has 22 heavy (non-hydrogen) atoms. The van der Waals surface area contributed by atoms with E-state index in [9.17, 15) is 14.0 Å². The number of carbonyl (C=O) groups is 2. The lowest BCUT2D eigenvalue weighted by molar-refractivity contribution is -0.145. The van der Waals surface area contributed by atoms with Gasteiger partial charge < -0.3 is 9.47 Å². The molecule has 0 saturated carbocycles. The average Bonchev–Trinajstić information content (AvgIpc) is 3.06. The molecular formula is C15H12FNO4S. The minimum absolute atomic E-state index is 0.263. The zero-order valence-electron chi connectivity index (χ0n) is 11.7. The lowest BCUT2D eigenvalue weighted by Crippen LogP contribution is -2.22. The van der Waals surface area contributed by atoms with E-state index in [4.69, 9.17) is 9.47 Å². The molecule has 1 atom stereocenters. The number of esters is 2. The van der Waals surface area contributed by atoms with Crippen molar-refractivity contribution in [3.63, 3.8) is 0 Å². The fourth-order valence-electron chi connectivity index (χ4n) is 2.07. The minimum Gasteiger partial charge on any atom is -0.463 e. The number of aryl methyl sites for hydroxylation is 1. The third kappa shape index (κ3) is 2.85. The molecule has 1 aromatic heterocycles. The van der Waals surface area contributed by atoms with Gasteiger partial charge in [0.2, 0.25) is 6.10 Å². The summed E-state index contributed by atoms with van der Waals surface area (Å²) in [4.78, 5) is 28.1. The number of aromatic nitrogens is 1. The average molecular weight is 321 g/mol. The van der Waals surface area contributed by atoms with Gasteiger partial charge in [0.1, 0.15) is 15.7 Å². The number of thiazole rings is 1. The predicted molar refractivity (Wildman–Crippen MR) is 77.0 cm³/mol. The molecule has 0 unspecified atom stereocenters. The molecule has 0 bridgehead atoms. The summed E-state index contributed by atoms with van der Waals surface area (Å²) < 4.78 is 22.9. The van der Waals surface area contributed by atoms with Crippen LogP contribution in [0.5, 0.6) is 0 Å². The molecule has 1 saturated heterocycles. The molecule has 7 heteroatoms. The Morgan fingerprint density at radius 3 is 2.77 bits per heavy atom. The maximum atomic E-state index is 12.9. The van der Waals surface area contributed by atoms with E-state index in [1.165, 1.54) is 12.1 Å². The van der Waals surface area contributed by atoms with Gasteiger partial charge >= 0.3 is 11.9 Å². The maximum Gasteiger partial charge on any atom is 0.351 e. The van der Waals surface area contributed by atoms with E-state index in [0.29, 0.717) is 27.6 Å². The van der Waals surface area contributed by atoms with Crippen LogP contribution < -0.4 is 0 Å². The van der Waals surface area contributed by atoms with Gasteiger partial charge in [-0.3, -0.25) is 0 Å². The second-order valence-corrected chi connectivity index (χ2v) is 5.79. The molecular weight excluding hydrogens is 309 g/mol. The van der Waals surface area contributed by atoms with E-state index in [2.05, 4.69) is 4.98 Å². The Labute approximate surface area is 129 Å². The van der Waals surface area contributed by atoms with E-state index in [-0.39, 0.29) is 12.4 Å². The Morgan fingerprint density at radius 2 is 2.14 bits per heavy atom. The molecule has 1 aliphatic heterocycles. The van der Waals surface area contributed by atoms with Crippen LogP contribution in [0.25, 0.3) is 10.6 Å². The topological polar surface area (TPSA) is 65.5 Å². The molecule has 2 aromatic rings. The smallest absolute Gasteiger partial charge is 0.351 e. The SMILES string of the molecule is Cc1nc(-c2ccc(F)cc2)sc1C(=O)O[C@@H]1CCOC1=O. The first-order chi connectivity index (χ1) is 10.5. The Hall–Kier alpha value is -2.28. The van der Waals surface area contributed by atoms with Crippen molar-refractivity contribution in [2.75, 3.05) is 6.61 Å². The van der Waals surface area contributed by atoms with E-state index < -0.39 is 18.0 Å². The first kappa shape index (κ1) is 14.6. The molecule has 114 valence electrons. The quantitative estimate of drug-likeness (QED) is 0.813. The second-order valence-electron chi connectivity index (χ2n) is 4.79. The highest BCUT2D eigenvalue weighted by molar-refractivity contribution is 7.17. The van der Waals surface area contributed by atoms with Crippen molar-refractivity contribution in [1.82, 2.24) is 4.98 Å². The van der Waals surface area contributed by atoms with Gasteiger partial charge in [0.05, 0.1) is 12.3 Å². The fraction of sp³-hybridized carbons (Fsp3) is 0.267. The molecule has 0 radical (unpaired) electrons. The first-order valence-electron chi connectivity index (χ1n) is 6.65. The summed E-state index contributed by atoms with van der Waals surface area (Å²) in [7, 11) is 0. The van der Waals surface area contributed by atoms with Crippen LogP contribution in [-0.2, 0) is 14.3 Å². The molecule has 1 aliphatic rings. The van der Waals surface area contributed by atoms with Crippen molar-refractivity contribution in [3.8, 4) is 10.6 Å². The van der Waals surface area contributed by atoms with E-state index in [1.54, 1.807) is 19.1 Å². The number of carbonyl (C=O) groups excluding carboxylic acids is 2. The highest BCUT2D eigenvalue weighted by Gasteiger charge is 2.31. The first-order valence-corrected chi connectivity index (χ1v) is 7.47. The fourth-order valence-corrected chi connectivity index (χ4v) is 3.02. The Bertz CT molecular complexity index is 726. The lowest BCUT2D eigenvalue weighted by Gasteiger charge is -2.06. The minimum atomic E-state index is -0.844. The molecule has 5 nitrogen and oxygen atoms in total. The van der Waals surface area contributed by atoms with Crippen LogP contribution >= 0.6 is 11.3 Å². The largest absolute Gasteiger partial charge is 0.463 e. The molecule has 1 aromatic carbocycles. The highest BCUT2D eigenvalue weighted by Crippen LogP contribution is 2.29. The highest BCUT2D eigenvalue weighted by atomic mass is 32.1. The van der Waals surface area contributed by atoms with E-state index in [0.717, 1.165) is 11.3 Å². The van der Waals surface area contributed by atoms with Gasteiger partial charge in [-0.2, -0.15) is 0 Å². The van der Waals surface area contributed by atoms with Crippen LogP contribution in [0.15, 0.2) is 24.3 Å². The number of ether oxygens (including phenoxy) is 2. The summed E-state index contributed by atoms with van der Waals surface area (Å²) in [6, 6.07) is 5.85. The van der Waals surface area contributed by atoms with Crippen LogP contribution in [-0.4, -0.2) is 29.6 Å². The van der Waals surface area contributed by atoms with Crippen LogP contribution in [0, 0.1) is 12.7 Å². The summed E-state index contributed by atoms with van der Waals surface area (Å²) in [5.74, 6) is -1.45. The summed E-state index contributed by atoms with van der Waals surface area (Å²) in [5, 5.41) is 0.596. The van der Waals surface area contributed by atoms with Crippen LogP contribution in [0.2, 0.25) is 0 Å². The van der Waals surface area contributed by atoms with E-state index >= 15 is 0 Å². The van der Waals surface area contributed by atoms with Gasteiger partial charge in [-0.05, 0) is 31.2 Å². The standard InChI is InChI=1S/C15H12FNO4S/c1-8-12(15(19)21-11-6-7-20-14(11)18)22-13(17-8)9-2-4-10(16)5-3-9/h2-5,11H,6-7H2,1H3/t11-/m1/s1. The second kappa shape index (κ2) is 5.84. The van der Waals surface area contributed by atoms with Crippen LogP contribution in [0.1, 0.15) is 21.8 Å². The summed E-state index contributed by atoms with van der Waals surface area (Å²) in [6.45, 7) is 1.95. The van der Waals surface area contributed by atoms with Gasteiger partial charge in [0.15, 0.2) is 0 Å². The Morgan fingerprint density at radius 1 is 1.41 bits per heavy atom. The molecule has 0 N–H and O–H groups in total. The molecule has 1 fully saturated rings. The van der Waals surface area contributed by atoms with Gasteiger partial charge in [0.25, 0.3) is 0 Å². The Kier molecular flexibility index (Phi) is 3.89. The van der Waals surface area contributed by atoms with Crippen molar-refractivity contribution in [1.29, 1.82) is 0 Å². The molecule has 0 amide bonds. The van der Waals surface area contributed by atoms with Crippen molar-refractivity contribution >= 4 is 23.3 Å². The zero-order valence-corrected chi connectivity index (χ0v) is 12.5. The van der Waals surface area contributed by atoms with Crippen LogP contribution in [0.3, 0.4) is 0 Å². The summed E-state index contributed by atoms with van der Waals surface area (Å²) >= 11 is 1.15. The van der Waals surface area contributed by atoms with E-state index in [1.807, 2.05) is 0 Å². The van der Waals surface area contributed by atoms with Gasteiger partial charge in [-0.15, -0.1) is 11.3 Å². The van der Waals surface area contributed by atoms with Crippen molar-refractivity contribution < 1.29 is 23.5 Å². The molecule has 2 heterocycles. The summed E-state index contributed by atoms with van der Waals surface area (Å²) in [5.41, 5.74) is 1.23. The van der Waals surface area contributed by atoms with Crippen molar-refractivity contribution in [3.05, 3.63) is 40.7 Å². The zero-order chi connectivity index (χ0) is 15.7. The molecule has 3 rings (SSSR count). The Balaban J connectivity index is 1.81. The lowest BCUT2D eigenvalue weighted by atomic mass is 10.2. The number of benzene rings is 1. The molecule has 0 aliphatic carbocycles. The third-order valence-electron chi connectivity index (χ3n) is 3.21. The monoisotopic (exact) mass is 321 g/mol. The number of cyclic esters (lactones) is 1. The van der Waals surface area contributed by atoms with Crippen molar-refractivity contribution in [2.45, 2.75) is 19.4 Å². The maximum absolute atomic E-state index is 12.9. The van der Waals surface area contributed by atoms with Crippen LogP contribution in [0.4, 0.5) is 4.39 Å². The number of halogens is 1. The number of hydrogen-bond acceptors (Lipinski definition) is 6. The number of hydrogen-bond donors (Lipinski definition) is 0. The van der Waals surface area contributed by atoms with Gasteiger partial charge in [0, 0.05) is 12.0 Å². The van der Waals surface area contributed by atoms with Crippen molar-refractivity contribution in [2.24, 2.45) is 0 Å². The van der Waals surface area contributed by atoms with Gasteiger partial charge in [-0.1, -0.05) is 0 Å². The normalized spacial score (nSPS) is 17.4. The molecule has 0 spiro atoms. The summed E-state index contributed by atoms with van der Waals surface area (Å²) in [6.07, 6.45) is -0.476. The van der Waals surface area contributed by atoms with Gasteiger partial charge in [-0.25, -0.2) is 19.0 Å². The number of nitrogens with zero attached hydrogens (tertiary/aromatic N) is 1. The number of rotatable bonds is 3. The third-order valence-corrected chi connectivity index (χ3v) is 4.40. The predicted octanol–water partition coefficient (Wildman–Crippen LogP) is 2.73.